The number of hydrogen-bond donors (Lipinski definition) is 3. The highest BCUT2D eigenvalue weighted by molar-refractivity contribution is 6.12. The van der Waals surface area contributed by atoms with Gasteiger partial charge in [-0.2, -0.15) is 0 Å². The molecule has 15 heteroatoms. The van der Waals surface area contributed by atoms with Gasteiger partial charge >= 0.3 is 0 Å². The molecule has 3 aromatic rings. The zero-order valence-electron chi connectivity index (χ0n) is 29.0. The summed E-state index contributed by atoms with van der Waals surface area (Å²) in [6.45, 7) is 2.21. The number of nitrogens with zero attached hydrogens (tertiary/aromatic N) is 4. The molecule has 3 N–H and O–H groups in total. The van der Waals surface area contributed by atoms with Crippen LogP contribution >= 0.6 is 0 Å². The van der Waals surface area contributed by atoms with Crippen molar-refractivity contribution >= 4 is 23.6 Å². The second-order valence-corrected chi connectivity index (χ2v) is 13.8. The molecular formula is C38H42F2N6O7. The van der Waals surface area contributed by atoms with Gasteiger partial charge in [0.25, 0.3) is 17.7 Å². The fraction of sp³-hybridized carbons (Fsp3) is 0.447. The lowest BCUT2D eigenvalue weighted by atomic mass is 9.80. The standard InChI is InChI=1S/C38H42F2N6O7/c39-25-6-7-29(40)26(18-25)30-22-44(20-23-4-2-1-3-5-23)36(43-30)34(24-10-14-52-15-11-24)46-21-28-27(19-42-33(28)35(49)38(46)51)37(50)41-12-16-53-17-13-45-31(47)8-9-32(45)48/h1-9,18,22,24,27-28,33-35,42,49H,10-17,19-21H2,(H,41,50)/t27-,28+,33?,34?,35+/m1/s1. The highest BCUT2D eigenvalue weighted by atomic mass is 19.1. The van der Waals surface area contributed by atoms with Crippen LogP contribution < -0.4 is 10.6 Å². The van der Waals surface area contributed by atoms with Gasteiger partial charge in [0.1, 0.15) is 23.6 Å². The van der Waals surface area contributed by atoms with Crippen molar-refractivity contribution in [2.75, 3.05) is 52.6 Å². The van der Waals surface area contributed by atoms with Crippen LogP contribution in [-0.2, 0) is 35.2 Å². The van der Waals surface area contributed by atoms with Crippen LogP contribution in [0.25, 0.3) is 11.3 Å². The van der Waals surface area contributed by atoms with Gasteiger partial charge in [0, 0.05) is 75.3 Å². The number of benzene rings is 2. The summed E-state index contributed by atoms with van der Waals surface area (Å²) >= 11 is 0. The Hall–Kier alpha value is -4.83. The number of rotatable bonds is 13. The summed E-state index contributed by atoms with van der Waals surface area (Å²) in [6, 6.07) is 11.5. The quantitative estimate of drug-likeness (QED) is 0.176. The maximum Gasteiger partial charge on any atom is 0.253 e. The fourth-order valence-corrected chi connectivity index (χ4v) is 7.90. The van der Waals surface area contributed by atoms with Crippen molar-refractivity contribution in [1.82, 2.24) is 30.0 Å². The van der Waals surface area contributed by atoms with E-state index in [9.17, 15) is 28.7 Å². The van der Waals surface area contributed by atoms with E-state index >= 15 is 4.39 Å². The molecule has 0 aliphatic carbocycles. The molecule has 0 bridgehead atoms. The number of halogens is 2. The number of hydrogen-bond acceptors (Lipinski definition) is 9. The summed E-state index contributed by atoms with van der Waals surface area (Å²) in [5.74, 6) is -3.48. The van der Waals surface area contributed by atoms with E-state index in [4.69, 9.17) is 14.5 Å². The van der Waals surface area contributed by atoms with E-state index in [0.29, 0.717) is 38.4 Å². The van der Waals surface area contributed by atoms with Gasteiger partial charge in [-0.25, -0.2) is 13.8 Å². The van der Waals surface area contributed by atoms with Crippen LogP contribution in [0.4, 0.5) is 8.78 Å². The van der Waals surface area contributed by atoms with Crippen molar-refractivity contribution in [3.63, 3.8) is 0 Å². The molecule has 3 fully saturated rings. The van der Waals surface area contributed by atoms with E-state index < -0.39 is 59.4 Å². The number of ether oxygens (including phenoxy) is 2. The number of amides is 4. The number of imide groups is 1. The lowest BCUT2D eigenvalue weighted by molar-refractivity contribution is -0.155. The number of aromatic nitrogens is 2. The Morgan fingerprint density at radius 1 is 1.06 bits per heavy atom. The first-order valence-corrected chi connectivity index (χ1v) is 17.9. The Balaban J connectivity index is 1.12. The fourth-order valence-electron chi connectivity index (χ4n) is 7.90. The van der Waals surface area contributed by atoms with Crippen molar-refractivity contribution < 1.29 is 42.5 Å². The van der Waals surface area contributed by atoms with Crippen LogP contribution in [0.3, 0.4) is 0 Å². The van der Waals surface area contributed by atoms with Crippen LogP contribution in [-0.4, -0.2) is 113 Å². The molecule has 0 radical (unpaired) electrons. The number of carbonyl (C=O) groups excluding carboxylic acids is 4. The molecular weight excluding hydrogens is 690 g/mol. The second kappa shape index (κ2) is 16.0. The molecule has 0 saturated carbocycles. The average molecular weight is 733 g/mol. The Kier molecular flexibility index (Phi) is 11.1. The van der Waals surface area contributed by atoms with Gasteiger partial charge in [-0.1, -0.05) is 30.3 Å². The van der Waals surface area contributed by atoms with E-state index in [1.807, 2.05) is 34.9 Å². The smallest absolute Gasteiger partial charge is 0.253 e. The Morgan fingerprint density at radius 2 is 1.81 bits per heavy atom. The summed E-state index contributed by atoms with van der Waals surface area (Å²) in [4.78, 5) is 58.8. The van der Waals surface area contributed by atoms with E-state index in [0.717, 1.165) is 28.7 Å². The summed E-state index contributed by atoms with van der Waals surface area (Å²) in [6.07, 6.45) is 3.85. The van der Waals surface area contributed by atoms with Crippen LogP contribution in [0.1, 0.15) is 30.3 Å². The molecule has 280 valence electrons. The van der Waals surface area contributed by atoms with Crippen molar-refractivity contribution in [1.29, 1.82) is 0 Å². The maximum absolute atomic E-state index is 15.1. The molecule has 2 aromatic carbocycles. The topological polar surface area (TPSA) is 155 Å². The molecule has 3 saturated heterocycles. The molecule has 13 nitrogen and oxygen atoms in total. The molecule has 4 aliphatic rings. The largest absolute Gasteiger partial charge is 0.382 e. The Bertz CT molecular complexity index is 1850. The van der Waals surface area contributed by atoms with Crippen molar-refractivity contribution in [2.45, 2.75) is 37.6 Å². The zero-order chi connectivity index (χ0) is 37.1. The van der Waals surface area contributed by atoms with Crippen LogP contribution in [0.2, 0.25) is 0 Å². The van der Waals surface area contributed by atoms with Gasteiger partial charge in [0.2, 0.25) is 5.91 Å². The van der Waals surface area contributed by atoms with E-state index in [1.54, 1.807) is 11.1 Å². The third kappa shape index (κ3) is 7.79. The van der Waals surface area contributed by atoms with Gasteiger partial charge in [0.15, 0.2) is 0 Å². The molecule has 7 rings (SSSR count). The molecule has 5 heterocycles. The number of aliphatic hydroxyl groups excluding tert-OH is 1. The third-order valence-electron chi connectivity index (χ3n) is 10.6. The first-order chi connectivity index (χ1) is 25.7. The SMILES string of the molecule is O=C(NCCOCCN1C(=O)C=CC1=O)[C@@H]1CNC2[C@H](O)C(=O)N(C(c3nc(-c4cc(F)ccc4F)cn3Cc3ccccc3)C3CCOCC3)C[C@H]21. The lowest BCUT2D eigenvalue weighted by Crippen LogP contribution is -2.60. The van der Waals surface area contributed by atoms with Gasteiger partial charge in [-0.05, 0) is 42.5 Å². The minimum absolute atomic E-state index is 0.00963. The highest BCUT2D eigenvalue weighted by Crippen LogP contribution is 2.41. The van der Waals surface area contributed by atoms with E-state index in [-0.39, 0.29) is 62.5 Å². The first-order valence-electron chi connectivity index (χ1n) is 17.9. The number of nitrogens with one attached hydrogen (secondary N) is 2. The van der Waals surface area contributed by atoms with Crippen LogP contribution in [0, 0.1) is 29.4 Å². The van der Waals surface area contributed by atoms with Crippen LogP contribution in [0.5, 0.6) is 0 Å². The Morgan fingerprint density at radius 3 is 2.57 bits per heavy atom. The minimum atomic E-state index is -1.43. The van der Waals surface area contributed by atoms with E-state index in [2.05, 4.69) is 10.6 Å². The molecule has 4 aliphatic heterocycles. The van der Waals surface area contributed by atoms with Gasteiger partial charge in [-0.3, -0.25) is 24.1 Å². The minimum Gasteiger partial charge on any atom is -0.382 e. The number of likely N-dealkylation sites (tertiary alicyclic amines) is 1. The molecule has 0 spiro atoms. The summed E-state index contributed by atoms with van der Waals surface area (Å²) < 4.78 is 42.6. The normalized spacial score (nSPS) is 23.9. The van der Waals surface area contributed by atoms with Gasteiger partial charge in [0.05, 0.1) is 37.4 Å². The number of fused-ring (bicyclic) bond motifs is 1. The van der Waals surface area contributed by atoms with E-state index in [1.165, 1.54) is 12.2 Å². The Labute approximate surface area is 304 Å². The number of piperidine rings is 1. The first kappa shape index (κ1) is 36.5. The summed E-state index contributed by atoms with van der Waals surface area (Å²) in [7, 11) is 0. The predicted molar refractivity (Wildman–Crippen MR) is 186 cm³/mol. The molecule has 5 atom stereocenters. The predicted octanol–water partition coefficient (Wildman–Crippen LogP) is 1.81. The summed E-state index contributed by atoms with van der Waals surface area (Å²) in [5.41, 5.74) is 1.14. The monoisotopic (exact) mass is 732 g/mol. The zero-order valence-corrected chi connectivity index (χ0v) is 29.0. The van der Waals surface area contributed by atoms with Crippen molar-refractivity contribution in [3.05, 3.63) is 89.9 Å². The average Bonchev–Trinajstić information content (AvgIpc) is 3.87. The maximum atomic E-state index is 15.1. The highest BCUT2D eigenvalue weighted by Gasteiger charge is 2.53. The van der Waals surface area contributed by atoms with Gasteiger partial charge < -0.3 is 34.7 Å². The number of imidazole rings is 1. The molecule has 4 amide bonds. The van der Waals surface area contributed by atoms with Crippen molar-refractivity contribution in [2.24, 2.45) is 17.8 Å². The second-order valence-electron chi connectivity index (χ2n) is 13.8. The van der Waals surface area contributed by atoms with Gasteiger partial charge in [-0.15, -0.1) is 0 Å². The molecule has 2 unspecified atom stereocenters. The molecule has 1 aromatic heterocycles. The number of aliphatic hydroxyl groups is 1. The lowest BCUT2D eigenvalue weighted by Gasteiger charge is -2.45. The van der Waals surface area contributed by atoms with Crippen LogP contribution in [0.15, 0.2) is 66.9 Å². The third-order valence-corrected chi connectivity index (χ3v) is 10.6. The molecule has 53 heavy (non-hydrogen) atoms. The van der Waals surface area contributed by atoms with Crippen molar-refractivity contribution in [3.8, 4) is 11.3 Å². The summed E-state index contributed by atoms with van der Waals surface area (Å²) in [5, 5.41) is 17.5. The number of carbonyl (C=O) groups is 4.